The van der Waals surface area contributed by atoms with Gasteiger partial charge < -0.3 is 20.3 Å². The van der Waals surface area contributed by atoms with Gasteiger partial charge in [-0.25, -0.2) is 4.98 Å². The molecule has 2 amide bonds. The minimum Gasteiger partial charge on any atom is -0.457 e. The summed E-state index contributed by atoms with van der Waals surface area (Å²) < 4.78 is 6.99. The standard InChI is InChI=1S/C31H30N6O3S/c1-36-12-14-37(15-13-36)19-28(38)35-30-34-26-9-8-25(18-27(26)41-30)40-24-7-3-6-23(17-24)33-29(39)21-4-2-5-22(16-21)31(20-32)10-11-31/h2-9,16-18H,10-15,19H2,1H3,(H,33,39)(H,34,35,38). The smallest absolute Gasteiger partial charge is 0.255 e. The van der Waals surface area contributed by atoms with Crippen molar-refractivity contribution in [3.8, 4) is 17.6 Å². The molecule has 3 aromatic carbocycles. The van der Waals surface area contributed by atoms with Crippen LogP contribution >= 0.6 is 11.3 Å². The van der Waals surface area contributed by atoms with Gasteiger partial charge in [0.1, 0.15) is 11.5 Å². The molecule has 41 heavy (non-hydrogen) atoms. The molecule has 2 heterocycles. The molecule has 6 rings (SSSR count). The molecule has 0 atom stereocenters. The van der Waals surface area contributed by atoms with Crippen LogP contribution in [0.15, 0.2) is 66.7 Å². The van der Waals surface area contributed by atoms with Crippen molar-refractivity contribution < 1.29 is 14.3 Å². The van der Waals surface area contributed by atoms with Crippen LogP contribution in [-0.4, -0.2) is 66.4 Å². The van der Waals surface area contributed by atoms with E-state index in [1.54, 1.807) is 24.3 Å². The lowest BCUT2D eigenvalue weighted by atomic mass is 9.96. The summed E-state index contributed by atoms with van der Waals surface area (Å²) in [5.41, 5.74) is 2.34. The molecule has 1 saturated heterocycles. The minimum absolute atomic E-state index is 0.0622. The molecule has 2 fully saturated rings. The molecular weight excluding hydrogens is 536 g/mol. The Bertz CT molecular complexity index is 1650. The second-order valence-electron chi connectivity index (χ2n) is 10.6. The lowest BCUT2D eigenvalue weighted by molar-refractivity contribution is -0.117. The molecule has 0 spiro atoms. The first-order chi connectivity index (χ1) is 19.9. The number of hydrogen-bond donors (Lipinski definition) is 2. The van der Waals surface area contributed by atoms with Gasteiger partial charge in [0.05, 0.1) is 28.2 Å². The quantitative estimate of drug-likeness (QED) is 0.306. The Labute approximate surface area is 242 Å². The summed E-state index contributed by atoms with van der Waals surface area (Å²) in [7, 11) is 2.09. The van der Waals surface area contributed by atoms with E-state index in [-0.39, 0.29) is 11.8 Å². The van der Waals surface area contributed by atoms with Gasteiger partial charge in [-0.15, -0.1) is 0 Å². The van der Waals surface area contributed by atoms with E-state index < -0.39 is 5.41 Å². The number of carbonyl (C=O) groups is 2. The maximum absolute atomic E-state index is 12.9. The number of anilines is 2. The molecule has 2 N–H and O–H groups in total. The molecule has 1 aliphatic carbocycles. The number of carbonyl (C=O) groups excluding carboxylic acids is 2. The fraction of sp³-hybridized carbons (Fsp3) is 0.290. The second-order valence-corrected chi connectivity index (χ2v) is 11.7. The Hall–Kier alpha value is -4.30. The van der Waals surface area contributed by atoms with Gasteiger partial charge in [-0.05, 0) is 61.9 Å². The molecular formula is C31H30N6O3S. The Morgan fingerprint density at radius 1 is 1.00 bits per heavy atom. The number of nitrogens with one attached hydrogen (secondary N) is 2. The van der Waals surface area contributed by atoms with Gasteiger partial charge in [0.2, 0.25) is 5.91 Å². The number of ether oxygens (including phenoxy) is 1. The molecule has 9 nitrogen and oxygen atoms in total. The first-order valence-corrected chi connectivity index (χ1v) is 14.4. The third kappa shape index (κ3) is 6.23. The van der Waals surface area contributed by atoms with Crippen LogP contribution in [0.4, 0.5) is 10.8 Å². The van der Waals surface area contributed by atoms with Crippen molar-refractivity contribution in [2.24, 2.45) is 0 Å². The normalized spacial score (nSPS) is 16.6. The predicted molar refractivity (Wildman–Crippen MR) is 160 cm³/mol. The first-order valence-electron chi connectivity index (χ1n) is 13.6. The zero-order chi connectivity index (χ0) is 28.4. The average Bonchev–Trinajstić information content (AvgIpc) is 3.68. The lowest BCUT2D eigenvalue weighted by Crippen LogP contribution is -2.47. The van der Waals surface area contributed by atoms with Gasteiger partial charge in [-0.1, -0.05) is 29.5 Å². The summed E-state index contributed by atoms with van der Waals surface area (Å²) in [6.45, 7) is 4.04. The molecule has 0 unspecified atom stereocenters. The Morgan fingerprint density at radius 2 is 1.78 bits per heavy atom. The summed E-state index contributed by atoms with van der Waals surface area (Å²) >= 11 is 1.40. The summed E-state index contributed by atoms with van der Waals surface area (Å²) in [4.78, 5) is 34.5. The number of aromatic nitrogens is 1. The molecule has 1 aromatic heterocycles. The van der Waals surface area contributed by atoms with E-state index in [2.05, 4.69) is 38.5 Å². The van der Waals surface area contributed by atoms with Crippen LogP contribution in [0.2, 0.25) is 0 Å². The SMILES string of the molecule is CN1CCN(CC(=O)Nc2nc3ccc(Oc4cccc(NC(=O)c5cccc(C6(C#N)CC6)c5)c4)cc3s2)CC1. The number of benzene rings is 3. The van der Waals surface area contributed by atoms with Crippen molar-refractivity contribution in [2.75, 3.05) is 50.4 Å². The van der Waals surface area contributed by atoms with Crippen LogP contribution < -0.4 is 15.4 Å². The largest absolute Gasteiger partial charge is 0.457 e. The van der Waals surface area contributed by atoms with Gasteiger partial charge in [-0.3, -0.25) is 14.5 Å². The van der Waals surface area contributed by atoms with Crippen molar-refractivity contribution in [3.63, 3.8) is 0 Å². The van der Waals surface area contributed by atoms with E-state index >= 15 is 0 Å². The average molecular weight is 567 g/mol. The molecule has 4 aromatic rings. The summed E-state index contributed by atoms with van der Waals surface area (Å²) in [6.07, 6.45) is 1.66. The maximum Gasteiger partial charge on any atom is 0.255 e. The number of amides is 2. The molecule has 0 radical (unpaired) electrons. The van der Waals surface area contributed by atoms with Crippen molar-refractivity contribution in [2.45, 2.75) is 18.3 Å². The van der Waals surface area contributed by atoms with E-state index in [9.17, 15) is 14.9 Å². The van der Waals surface area contributed by atoms with Crippen LogP contribution in [-0.2, 0) is 10.2 Å². The van der Waals surface area contributed by atoms with Crippen molar-refractivity contribution in [1.82, 2.24) is 14.8 Å². The van der Waals surface area contributed by atoms with E-state index in [1.165, 1.54) is 11.3 Å². The summed E-state index contributed by atoms with van der Waals surface area (Å²) in [5, 5.41) is 15.9. The van der Waals surface area contributed by atoms with Crippen LogP contribution in [0.25, 0.3) is 10.2 Å². The van der Waals surface area contributed by atoms with Crippen molar-refractivity contribution in [3.05, 3.63) is 77.9 Å². The fourth-order valence-electron chi connectivity index (χ4n) is 4.91. The third-order valence-electron chi connectivity index (χ3n) is 7.54. The minimum atomic E-state index is -0.444. The lowest BCUT2D eigenvalue weighted by Gasteiger charge is -2.31. The fourth-order valence-corrected chi connectivity index (χ4v) is 5.83. The molecule has 1 aliphatic heterocycles. The summed E-state index contributed by atoms with van der Waals surface area (Å²) in [5.74, 6) is 0.889. The maximum atomic E-state index is 12.9. The van der Waals surface area contributed by atoms with Gasteiger partial charge in [0.25, 0.3) is 5.91 Å². The Balaban J connectivity index is 1.09. The Kier molecular flexibility index (Phi) is 7.41. The number of hydrogen-bond acceptors (Lipinski definition) is 8. The van der Waals surface area contributed by atoms with E-state index in [4.69, 9.17) is 4.74 Å². The van der Waals surface area contributed by atoms with Crippen LogP contribution in [0.5, 0.6) is 11.5 Å². The number of nitriles is 1. The van der Waals surface area contributed by atoms with Crippen molar-refractivity contribution in [1.29, 1.82) is 5.26 Å². The van der Waals surface area contributed by atoms with E-state index in [0.717, 1.165) is 54.8 Å². The molecule has 208 valence electrons. The topological polar surface area (TPSA) is 111 Å². The highest BCUT2D eigenvalue weighted by molar-refractivity contribution is 7.22. The number of piperazine rings is 1. The van der Waals surface area contributed by atoms with Crippen LogP contribution in [0.1, 0.15) is 28.8 Å². The van der Waals surface area contributed by atoms with Crippen molar-refractivity contribution >= 4 is 44.2 Å². The number of thiazole rings is 1. The first kappa shape index (κ1) is 26.9. The highest BCUT2D eigenvalue weighted by Crippen LogP contribution is 2.47. The number of rotatable bonds is 8. The van der Waals surface area contributed by atoms with E-state index in [0.29, 0.717) is 34.4 Å². The second kappa shape index (κ2) is 11.3. The zero-order valence-electron chi connectivity index (χ0n) is 22.7. The number of nitrogens with zero attached hydrogens (tertiary/aromatic N) is 4. The van der Waals surface area contributed by atoms with E-state index in [1.807, 2.05) is 42.5 Å². The molecule has 2 aliphatic rings. The number of fused-ring (bicyclic) bond motifs is 1. The van der Waals surface area contributed by atoms with Gasteiger partial charge in [-0.2, -0.15) is 5.26 Å². The van der Waals surface area contributed by atoms with Gasteiger partial charge >= 0.3 is 0 Å². The molecule has 1 saturated carbocycles. The highest BCUT2D eigenvalue weighted by Gasteiger charge is 2.45. The number of likely N-dealkylation sites (N-methyl/N-ethyl adjacent to an activating group) is 1. The van der Waals surface area contributed by atoms with Crippen LogP contribution in [0.3, 0.4) is 0 Å². The monoisotopic (exact) mass is 566 g/mol. The third-order valence-corrected chi connectivity index (χ3v) is 8.47. The molecule has 0 bridgehead atoms. The zero-order valence-corrected chi connectivity index (χ0v) is 23.5. The Morgan fingerprint density at radius 3 is 2.56 bits per heavy atom. The van der Waals surface area contributed by atoms with Gasteiger partial charge in [0.15, 0.2) is 5.13 Å². The van der Waals surface area contributed by atoms with Crippen LogP contribution in [0, 0.1) is 11.3 Å². The molecule has 10 heteroatoms. The highest BCUT2D eigenvalue weighted by atomic mass is 32.1. The summed E-state index contributed by atoms with van der Waals surface area (Å²) in [6, 6.07) is 22.5. The predicted octanol–water partition coefficient (Wildman–Crippen LogP) is 5.08. The van der Waals surface area contributed by atoms with Gasteiger partial charge in [0, 0.05) is 49.6 Å².